The minimum atomic E-state index is 0.0836. The van der Waals surface area contributed by atoms with Crippen LogP contribution in [0.25, 0.3) is 22.0 Å². The van der Waals surface area contributed by atoms with Crippen LogP contribution < -0.4 is 0 Å². The van der Waals surface area contributed by atoms with Crippen LogP contribution in [0.3, 0.4) is 0 Å². The maximum absolute atomic E-state index is 9.14. The van der Waals surface area contributed by atoms with Crippen LogP contribution in [0.5, 0.6) is 0 Å². The molecule has 0 spiro atoms. The Balaban J connectivity index is 2.12. The third-order valence-electron chi connectivity index (χ3n) is 3.00. The van der Waals surface area contributed by atoms with Gasteiger partial charge >= 0.3 is 0 Å². The summed E-state index contributed by atoms with van der Waals surface area (Å²) in [6.45, 7) is 0.0836. The minimum absolute atomic E-state index is 0.0836. The first-order valence-electron chi connectivity index (χ1n) is 5.64. The number of H-pyrrole nitrogens is 1. The molecule has 3 aromatic rings. The standard InChI is InChI=1S/C15H13NO/c17-10-11-2-1-3-12(8-11)13-4-5-15-14(9-13)6-7-16-15/h1-9,16-17H,10H2. The highest BCUT2D eigenvalue weighted by Crippen LogP contribution is 2.24. The van der Waals surface area contributed by atoms with Crippen LogP contribution in [-0.4, -0.2) is 10.1 Å². The number of hydrogen-bond acceptors (Lipinski definition) is 1. The van der Waals surface area contributed by atoms with E-state index in [1.165, 1.54) is 10.9 Å². The molecule has 17 heavy (non-hydrogen) atoms. The number of nitrogens with one attached hydrogen (secondary N) is 1. The van der Waals surface area contributed by atoms with Crippen LogP contribution in [0.4, 0.5) is 0 Å². The lowest BCUT2D eigenvalue weighted by Crippen LogP contribution is -1.84. The molecule has 0 atom stereocenters. The predicted molar refractivity (Wildman–Crippen MR) is 69.7 cm³/mol. The van der Waals surface area contributed by atoms with Gasteiger partial charge in [-0.1, -0.05) is 24.3 Å². The molecular formula is C15H13NO. The van der Waals surface area contributed by atoms with Gasteiger partial charge in [-0.25, -0.2) is 0 Å². The highest BCUT2D eigenvalue weighted by Gasteiger charge is 2.01. The van der Waals surface area contributed by atoms with Gasteiger partial charge in [-0.15, -0.1) is 0 Å². The lowest BCUT2D eigenvalue weighted by Gasteiger charge is -2.04. The molecule has 0 radical (unpaired) electrons. The Labute approximate surface area is 99.5 Å². The maximum Gasteiger partial charge on any atom is 0.0682 e. The Hall–Kier alpha value is -2.06. The average molecular weight is 223 g/mol. The van der Waals surface area contributed by atoms with E-state index < -0.39 is 0 Å². The Morgan fingerprint density at radius 2 is 1.82 bits per heavy atom. The molecule has 2 aromatic carbocycles. The largest absolute Gasteiger partial charge is 0.392 e. The molecule has 0 bridgehead atoms. The van der Waals surface area contributed by atoms with Crippen LogP contribution in [0.2, 0.25) is 0 Å². The number of aliphatic hydroxyl groups is 1. The van der Waals surface area contributed by atoms with E-state index in [4.69, 9.17) is 5.11 Å². The van der Waals surface area contributed by atoms with Crippen molar-refractivity contribution in [3.63, 3.8) is 0 Å². The van der Waals surface area contributed by atoms with E-state index in [9.17, 15) is 0 Å². The van der Waals surface area contributed by atoms with Gasteiger partial charge in [0.15, 0.2) is 0 Å². The first kappa shape index (κ1) is 10.1. The van der Waals surface area contributed by atoms with Gasteiger partial charge in [0.2, 0.25) is 0 Å². The third kappa shape index (κ3) is 1.83. The molecule has 84 valence electrons. The third-order valence-corrected chi connectivity index (χ3v) is 3.00. The van der Waals surface area contributed by atoms with Gasteiger partial charge in [-0.3, -0.25) is 0 Å². The zero-order chi connectivity index (χ0) is 11.7. The van der Waals surface area contributed by atoms with Crippen molar-refractivity contribution in [2.45, 2.75) is 6.61 Å². The first-order valence-corrected chi connectivity index (χ1v) is 5.64. The number of aromatic nitrogens is 1. The number of hydrogen-bond donors (Lipinski definition) is 2. The van der Waals surface area contributed by atoms with Crippen LogP contribution >= 0.6 is 0 Å². The Kier molecular flexibility index (Phi) is 2.42. The Morgan fingerprint density at radius 3 is 2.71 bits per heavy atom. The number of aliphatic hydroxyl groups excluding tert-OH is 1. The molecule has 0 saturated heterocycles. The molecule has 1 heterocycles. The van der Waals surface area contributed by atoms with Gasteiger partial charge < -0.3 is 10.1 Å². The minimum Gasteiger partial charge on any atom is -0.392 e. The Bertz CT molecular complexity index is 655. The summed E-state index contributed by atoms with van der Waals surface area (Å²) in [6.07, 6.45) is 1.94. The van der Waals surface area contributed by atoms with Gasteiger partial charge in [-0.05, 0) is 46.3 Å². The number of aromatic amines is 1. The van der Waals surface area contributed by atoms with Gasteiger partial charge in [0.05, 0.1) is 6.61 Å². The fraction of sp³-hybridized carbons (Fsp3) is 0.0667. The van der Waals surface area contributed by atoms with Gasteiger partial charge in [0.25, 0.3) is 0 Å². The van der Waals surface area contributed by atoms with Crippen LogP contribution in [0, 0.1) is 0 Å². The molecule has 2 N–H and O–H groups in total. The van der Waals surface area contributed by atoms with Crippen molar-refractivity contribution in [1.82, 2.24) is 4.98 Å². The van der Waals surface area contributed by atoms with E-state index in [0.29, 0.717) is 0 Å². The maximum atomic E-state index is 9.14. The van der Waals surface area contributed by atoms with E-state index in [1.807, 2.05) is 24.4 Å². The molecule has 0 amide bonds. The monoisotopic (exact) mass is 223 g/mol. The summed E-state index contributed by atoms with van der Waals surface area (Å²) >= 11 is 0. The lowest BCUT2D eigenvalue weighted by atomic mass is 10.0. The average Bonchev–Trinajstić information content (AvgIpc) is 2.86. The second-order valence-electron chi connectivity index (χ2n) is 4.14. The molecular weight excluding hydrogens is 210 g/mol. The van der Waals surface area contributed by atoms with Crippen molar-refractivity contribution in [2.75, 3.05) is 0 Å². The zero-order valence-electron chi connectivity index (χ0n) is 9.35. The summed E-state index contributed by atoms with van der Waals surface area (Å²) < 4.78 is 0. The summed E-state index contributed by atoms with van der Waals surface area (Å²) in [7, 11) is 0. The molecule has 1 aromatic heterocycles. The van der Waals surface area contributed by atoms with E-state index in [2.05, 4.69) is 35.3 Å². The second kappa shape index (κ2) is 4.07. The summed E-state index contributed by atoms with van der Waals surface area (Å²) in [4.78, 5) is 3.18. The fourth-order valence-corrected chi connectivity index (χ4v) is 2.08. The number of rotatable bonds is 2. The molecule has 0 aliphatic carbocycles. The predicted octanol–water partition coefficient (Wildman–Crippen LogP) is 3.33. The summed E-state index contributed by atoms with van der Waals surface area (Å²) in [5, 5.41) is 10.3. The Morgan fingerprint density at radius 1 is 0.941 bits per heavy atom. The summed E-state index contributed by atoms with van der Waals surface area (Å²) in [6, 6.07) is 16.4. The van der Waals surface area contributed by atoms with E-state index in [1.54, 1.807) is 0 Å². The van der Waals surface area contributed by atoms with Gasteiger partial charge in [0, 0.05) is 11.7 Å². The first-order chi connectivity index (χ1) is 8.36. The van der Waals surface area contributed by atoms with Crippen LogP contribution in [0.1, 0.15) is 5.56 Å². The highest BCUT2D eigenvalue weighted by molar-refractivity contribution is 5.85. The number of benzene rings is 2. The van der Waals surface area contributed by atoms with E-state index >= 15 is 0 Å². The van der Waals surface area contributed by atoms with Crippen molar-refractivity contribution in [1.29, 1.82) is 0 Å². The molecule has 0 unspecified atom stereocenters. The molecule has 0 aliphatic heterocycles. The van der Waals surface area contributed by atoms with Crippen molar-refractivity contribution < 1.29 is 5.11 Å². The summed E-state index contributed by atoms with van der Waals surface area (Å²) in [5.74, 6) is 0. The molecule has 3 rings (SSSR count). The smallest absolute Gasteiger partial charge is 0.0682 e. The normalized spacial score (nSPS) is 10.9. The second-order valence-corrected chi connectivity index (χ2v) is 4.14. The van der Waals surface area contributed by atoms with Crippen molar-refractivity contribution in [2.24, 2.45) is 0 Å². The SMILES string of the molecule is OCc1cccc(-c2ccc3[nH]ccc3c2)c1. The fourth-order valence-electron chi connectivity index (χ4n) is 2.08. The molecule has 0 fully saturated rings. The van der Waals surface area contributed by atoms with Crippen LogP contribution in [-0.2, 0) is 6.61 Å². The van der Waals surface area contributed by atoms with Gasteiger partial charge in [0.1, 0.15) is 0 Å². The topological polar surface area (TPSA) is 36.0 Å². The van der Waals surface area contributed by atoms with Crippen molar-refractivity contribution >= 4 is 10.9 Å². The lowest BCUT2D eigenvalue weighted by molar-refractivity contribution is 0.282. The molecule has 2 nitrogen and oxygen atoms in total. The molecule has 0 saturated carbocycles. The summed E-state index contributed by atoms with van der Waals surface area (Å²) in [5.41, 5.74) is 4.40. The van der Waals surface area contributed by atoms with Crippen LogP contribution in [0.15, 0.2) is 54.7 Å². The van der Waals surface area contributed by atoms with Gasteiger partial charge in [-0.2, -0.15) is 0 Å². The van der Waals surface area contributed by atoms with E-state index in [0.717, 1.165) is 16.6 Å². The zero-order valence-corrected chi connectivity index (χ0v) is 9.35. The van der Waals surface area contributed by atoms with E-state index in [-0.39, 0.29) is 6.61 Å². The molecule has 2 heteroatoms. The van der Waals surface area contributed by atoms with Crippen molar-refractivity contribution in [3.8, 4) is 11.1 Å². The quantitative estimate of drug-likeness (QED) is 0.686. The highest BCUT2D eigenvalue weighted by atomic mass is 16.3. The number of fused-ring (bicyclic) bond motifs is 1. The van der Waals surface area contributed by atoms with Crippen molar-refractivity contribution in [3.05, 3.63) is 60.3 Å². The molecule has 0 aliphatic rings.